The smallest absolute Gasteiger partial charge is 0.345 e. The fraction of sp³-hybridized carbons (Fsp3) is 0.266. The van der Waals surface area contributed by atoms with E-state index in [0.29, 0.717) is 81.5 Å². The summed E-state index contributed by atoms with van der Waals surface area (Å²) in [4.78, 5) is 242. The Labute approximate surface area is 799 Å². The van der Waals surface area contributed by atoms with Gasteiger partial charge in [0.1, 0.15) is 33.4 Å². The average Bonchev–Trinajstić information content (AvgIpc) is 1.66. The fourth-order valence-corrected chi connectivity index (χ4v) is 19.9. The number of nitrogens with one attached hydrogen (secondary N) is 14. The van der Waals surface area contributed by atoms with Crippen LogP contribution < -0.4 is 93.4 Å². The van der Waals surface area contributed by atoms with Gasteiger partial charge in [0, 0.05) is 74.7 Å². The molecule has 8 aromatic rings. The number of methoxy groups -OCH3 is 4. The van der Waals surface area contributed by atoms with E-state index in [4.69, 9.17) is 24.1 Å². The topological polar surface area (TPSA) is 563 Å². The summed E-state index contributed by atoms with van der Waals surface area (Å²) in [5.74, 6) is 18.7. The van der Waals surface area contributed by atoms with Crippen molar-refractivity contribution in [1.29, 1.82) is 0 Å². The van der Waals surface area contributed by atoms with E-state index < -0.39 is 122 Å². The van der Waals surface area contributed by atoms with Gasteiger partial charge in [-0.1, -0.05) is 90.2 Å². The third kappa shape index (κ3) is 17.6. The normalized spacial score (nSPS) is 24.0. The van der Waals surface area contributed by atoms with Crippen LogP contribution >= 0.6 is 34.0 Å². The van der Waals surface area contributed by atoms with Crippen LogP contribution in [0.5, 0.6) is 23.0 Å². The van der Waals surface area contributed by atoms with Crippen LogP contribution in [0.3, 0.4) is 0 Å². The molecule has 12 aliphatic rings. The van der Waals surface area contributed by atoms with E-state index in [0.717, 1.165) is 52.9 Å². The highest BCUT2D eigenvalue weighted by molar-refractivity contribution is 7.14. The molecule has 3 unspecified atom stereocenters. The molecule has 139 heavy (non-hydrogen) atoms. The highest BCUT2D eigenvalue weighted by atomic mass is 32.1. The third-order valence-corrected chi connectivity index (χ3v) is 28.3. The van der Waals surface area contributed by atoms with Crippen LogP contribution in [0.4, 0.5) is 33.6 Å². The quantitative estimate of drug-likeness (QED) is 0.0460. The second kappa shape index (κ2) is 36.1. The Kier molecular flexibility index (Phi) is 24.2. The van der Waals surface area contributed by atoms with Crippen molar-refractivity contribution in [3.05, 3.63) is 218 Å². The molecule has 3 aromatic heterocycles. The molecule has 11 aliphatic heterocycles. The van der Waals surface area contributed by atoms with Crippen LogP contribution in [0.15, 0.2) is 133 Å². The summed E-state index contributed by atoms with van der Waals surface area (Å²) < 4.78 is 20.8. The molecular formula is C94H78N18O24S3. The largest absolute Gasteiger partial charge is 0.497 e. The van der Waals surface area contributed by atoms with Gasteiger partial charge in [-0.2, -0.15) is 0 Å². The molecule has 45 heteroatoms. The molecule has 42 nitrogen and oxygen atoms in total. The van der Waals surface area contributed by atoms with Crippen LogP contribution in [-0.2, 0) is 76.4 Å². The first kappa shape index (κ1) is 93.4. The van der Waals surface area contributed by atoms with Crippen molar-refractivity contribution in [3.63, 3.8) is 0 Å². The van der Waals surface area contributed by atoms with Crippen molar-refractivity contribution in [3.8, 4) is 70.4 Å². The summed E-state index contributed by atoms with van der Waals surface area (Å²) >= 11 is 3.34. The molecule has 8 fully saturated rings. The van der Waals surface area contributed by atoms with Crippen LogP contribution in [0, 0.1) is 53.3 Å². The second-order valence-electron chi connectivity index (χ2n) is 33.8. The molecule has 7 atom stereocenters. The number of carbonyl (C=O) groups excluding carboxylic acids is 18. The van der Waals surface area contributed by atoms with Crippen LogP contribution in [0.25, 0.3) is 0 Å². The Balaban J connectivity index is 0.000000129. The molecule has 15 N–H and O–H groups in total. The standard InChI is InChI=1S/C28H25N5O6.2C23H19N5O6S.C20H15N3O6S/c1-39-20-10-7-17-14-33(22(34)21(17)13-20)15-27(23(35)29-25(37)31-27)12-11-16-5-8-19(9-6-16)28(18-3-2-4-18)24(36)30-26(38)32-28;1-22(18(30)24-20(32)26-22)16-7-12(10-35-16)5-6-23(19(31)25-21(33)27-23)11-28-9-13-3-4-14(34-2)8-15(13)17(28)29;1-22(18(30)24-20(32)26-22)16-6-5-14(35-16)7-8-23(19(31)25-21(33)27-23)11-28-10-12-3-4-13(34-2)9-15(12)17(28)29;1-29-12-3-2-11-9-23(16(24)14(11)8-12)10-20(18(27)21-19(28)22-20)7-6-13-4-5-15(30-13)17(25)26/h5-10,13,18H,2-4,14-15H2,1H3,(H2,29,31,35,37)(H2,30,32,36,38);3-4,7-8,10H,9,11H2,1-2H3,(H2,24,26,30,32)(H2,25,27,31,33);3-6,9H,10-11H2,1-2H3,(H2,24,26,30,32)(H2,25,27,31,33);2-5,8H,9-10H2,1H3,(H,25,26)(H2,21,22,27,28)/t27-,28?;2*22?,23-;20-/m1110/s1. The fourth-order valence-electron chi connectivity index (χ4n) is 17.3. The zero-order valence-corrected chi connectivity index (χ0v) is 76.4. The molecule has 1 aliphatic carbocycles. The summed E-state index contributed by atoms with van der Waals surface area (Å²) in [5, 5.41) is 44.5. The van der Waals surface area contributed by atoms with E-state index in [9.17, 15) is 91.1 Å². The van der Waals surface area contributed by atoms with Gasteiger partial charge in [-0.25, -0.2) is 38.4 Å². The molecule has 0 radical (unpaired) electrons. The number of ether oxygens (including phenoxy) is 4. The highest BCUT2D eigenvalue weighted by Crippen LogP contribution is 2.45. The summed E-state index contributed by atoms with van der Waals surface area (Å²) in [5.41, 5.74) is -3.56. The van der Waals surface area contributed by atoms with E-state index in [1.807, 2.05) is 0 Å². The number of amides is 25. The predicted molar refractivity (Wildman–Crippen MR) is 486 cm³/mol. The Bertz CT molecular complexity index is 6890. The van der Waals surface area contributed by atoms with Crippen molar-refractivity contribution in [1.82, 2.24) is 94.0 Å². The van der Waals surface area contributed by atoms with Gasteiger partial charge >= 0.3 is 48.2 Å². The maximum absolute atomic E-state index is 13.1. The van der Waals surface area contributed by atoms with Crippen molar-refractivity contribution < 1.29 is 115 Å². The lowest BCUT2D eigenvalue weighted by Crippen LogP contribution is -2.54. The zero-order valence-electron chi connectivity index (χ0n) is 73.9. The minimum absolute atomic E-state index is 0.00337. The van der Waals surface area contributed by atoms with Gasteiger partial charge in [0.25, 0.3) is 65.0 Å². The van der Waals surface area contributed by atoms with Crippen LogP contribution in [0.1, 0.15) is 143 Å². The summed E-state index contributed by atoms with van der Waals surface area (Å²) in [6.45, 7) is 3.53. The van der Waals surface area contributed by atoms with Gasteiger partial charge in [0.2, 0.25) is 22.2 Å². The Morgan fingerprint density at radius 3 is 1.01 bits per heavy atom. The van der Waals surface area contributed by atoms with Gasteiger partial charge < -0.3 is 80.9 Å². The molecule has 0 bridgehead atoms. The Morgan fingerprint density at radius 1 is 0.367 bits per heavy atom. The third-order valence-electron chi connectivity index (χ3n) is 25.0. The molecule has 7 saturated heterocycles. The minimum atomic E-state index is -1.66. The lowest BCUT2D eigenvalue weighted by Gasteiger charge is -2.40. The van der Waals surface area contributed by atoms with Crippen LogP contribution in [-0.4, -0.2) is 215 Å². The van der Waals surface area contributed by atoms with E-state index in [2.05, 4.69) is 122 Å². The molecule has 706 valence electrons. The summed E-state index contributed by atoms with van der Waals surface area (Å²) in [7, 11) is 6.03. The Morgan fingerprint density at radius 2 is 0.698 bits per heavy atom. The van der Waals surface area contributed by atoms with Gasteiger partial charge in [-0.15, -0.1) is 34.0 Å². The van der Waals surface area contributed by atoms with Gasteiger partial charge in [-0.3, -0.25) is 90.0 Å². The molecule has 1 saturated carbocycles. The summed E-state index contributed by atoms with van der Waals surface area (Å²) in [6, 6.07) is 30.9. The van der Waals surface area contributed by atoms with Crippen molar-refractivity contribution in [2.75, 3.05) is 54.6 Å². The number of hydrogen-bond donors (Lipinski definition) is 15. The molecular weight excluding hydrogens is 1860 g/mol. The minimum Gasteiger partial charge on any atom is -0.497 e. The lowest BCUT2D eigenvalue weighted by atomic mass is 9.67. The number of benzene rings is 5. The van der Waals surface area contributed by atoms with E-state index >= 15 is 0 Å². The number of hydrogen-bond acceptors (Lipinski definition) is 26. The first-order valence-electron chi connectivity index (χ1n) is 42.4. The average molecular weight is 1940 g/mol. The van der Waals surface area contributed by atoms with Crippen molar-refractivity contribution in [2.24, 2.45) is 5.92 Å². The number of carbonyl (C=O) groups is 19. The number of carboxylic acid groups (broad SMARTS) is 1. The zero-order chi connectivity index (χ0) is 98.7. The number of nitrogens with zero attached hydrogens (tertiary/aromatic N) is 4. The van der Waals surface area contributed by atoms with Gasteiger partial charge in [-0.05, 0) is 151 Å². The number of urea groups is 7. The second-order valence-corrected chi connectivity index (χ2v) is 36.9. The number of imide groups is 7. The maximum atomic E-state index is 13.1. The van der Waals surface area contributed by atoms with E-state index in [1.165, 1.54) is 82.8 Å². The number of thiophene rings is 3. The number of fused-ring (bicyclic) bond motifs is 4. The highest BCUT2D eigenvalue weighted by Gasteiger charge is 2.57. The van der Waals surface area contributed by atoms with Gasteiger partial charge in [0.05, 0.1) is 64.4 Å². The monoisotopic (exact) mass is 1940 g/mol. The molecule has 20 rings (SSSR count). The number of aromatic carboxylic acids is 1. The molecule has 5 aromatic carbocycles. The predicted octanol–water partition coefficient (Wildman–Crippen LogP) is 2.95. The number of rotatable bonds is 17. The Hall–Kier alpha value is -17.4. The first-order valence-corrected chi connectivity index (χ1v) is 44.9. The van der Waals surface area contributed by atoms with Crippen molar-refractivity contribution in [2.45, 2.75) is 98.1 Å². The maximum Gasteiger partial charge on any atom is 0.345 e. The van der Waals surface area contributed by atoms with E-state index in [-0.39, 0.29) is 92.7 Å². The molecule has 14 heterocycles. The van der Waals surface area contributed by atoms with Gasteiger partial charge in [0.15, 0.2) is 11.1 Å². The van der Waals surface area contributed by atoms with Crippen LogP contribution in [0.2, 0.25) is 0 Å². The SMILES string of the molecule is COc1ccc2c(c1)C(=O)N(C[C@@]1(C#Cc3ccc(C4(C)NC(=O)NC4=O)s3)NC(=O)NC1=O)C2.COc1ccc2c(c1)C(=O)N(C[C@@]1(C#Cc3ccc(C4(C5CCC5)NC(=O)NC4=O)cc3)NC(=O)NC1=O)C2.COc1ccc2c(c1)C(=O)N(C[C@@]1(C#Cc3csc(C4(C)NC(=O)NC4=O)c3)NC(=O)NC1=O)C2.COc1ccc2c(c1)C(=O)N(C[C@]1(C#Cc3ccc(C(=O)O)s3)NC(=O)NC1=O)C2. The first-order chi connectivity index (χ1) is 66.3. The molecule has 25 amide bonds. The number of carboxylic acids is 1. The van der Waals surface area contributed by atoms with Crippen molar-refractivity contribution >= 4 is 147 Å². The van der Waals surface area contributed by atoms with E-state index in [1.54, 1.807) is 134 Å². The summed E-state index contributed by atoms with van der Waals surface area (Å²) in [6.07, 6.45) is 2.66. The molecule has 0 spiro atoms. The lowest BCUT2D eigenvalue weighted by molar-refractivity contribution is -0.128.